The van der Waals surface area contributed by atoms with Crippen molar-refractivity contribution in [3.63, 3.8) is 0 Å². The smallest absolute Gasteiger partial charge is 0.193 e. The van der Waals surface area contributed by atoms with Crippen molar-refractivity contribution >= 4 is 11.6 Å². The van der Waals surface area contributed by atoms with E-state index in [4.69, 9.17) is 5.73 Å². The van der Waals surface area contributed by atoms with E-state index in [1.54, 1.807) is 0 Å². The van der Waals surface area contributed by atoms with Crippen LogP contribution in [0.5, 0.6) is 0 Å². The average molecular weight is 360 g/mol. The molecule has 0 aromatic heterocycles. The van der Waals surface area contributed by atoms with Gasteiger partial charge in [-0.15, -0.1) is 0 Å². The summed E-state index contributed by atoms with van der Waals surface area (Å²) in [5, 5.41) is 3.34. The highest BCUT2D eigenvalue weighted by atomic mass is 15.3. The number of guanidine groups is 1. The number of aliphatic imine (C=N–C) groups is 1. The first-order valence-corrected chi connectivity index (χ1v) is 10.3. The van der Waals surface area contributed by atoms with Crippen molar-refractivity contribution in [1.82, 2.24) is 9.80 Å². The first-order valence-electron chi connectivity index (χ1n) is 10.3. The Morgan fingerprint density at radius 1 is 1.00 bits per heavy atom. The van der Waals surface area contributed by atoms with Crippen molar-refractivity contribution in [3.8, 4) is 0 Å². The maximum atomic E-state index is 6.13. The number of unbranched alkanes of at least 4 members (excludes halogenated alkanes) is 1. The predicted octanol–water partition coefficient (Wildman–Crippen LogP) is 2.96. The zero-order chi connectivity index (χ0) is 18.8. The zero-order valence-corrected chi connectivity index (χ0v) is 16.9. The molecule has 3 N–H and O–H groups in total. The molecule has 1 saturated heterocycles. The van der Waals surface area contributed by atoms with Gasteiger partial charge >= 0.3 is 0 Å². The van der Waals surface area contributed by atoms with Crippen molar-refractivity contribution in [2.45, 2.75) is 46.5 Å². The maximum Gasteiger partial charge on any atom is 0.193 e. The summed E-state index contributed by atoms with van der Waals surface area (Å²) in [5.41, 5.74) is 9.88. The quantitative estimate of drug-likeness (QED) is 0.404. The number of rotatable bonds is 9. The van der Waals surface area contributed by atoms with Gasteiger partial charge in [0.1, 0.15) is 0 Å². The normalized spacial score (nSPS) is 16.8. The largest absolute Gasteiger partial charge is 0.370 e. The van der Waals surface area contributed by atoms with Gasteiger partial charge in [-0.25, -0.2) is 0 Å². The minimum atomic E-state index is 0.539. The average Bonchev–Trinajstić information content (AvgIpc) is 2.68. The summed E-state index contributed by atoms with van der Waals surface area (Å²) < 4.78 is 0. The highest BCUT2D eigenvalue weighted by Crippen LogP contribution is 2.22. The van der Waals surface area contributed by atoms with Gasteiger partial charge in [-0.3, -0.25) is 4.99 Å². The fourth-order valence-electron chi connectivity index (χ4n) is 3.55. The third-order valence-corrected chi connectivity index (χ3v) is 5.33. The first kappa shape index (κ1) is 20.7. The number of piperazine rings is 1. The van der Waals surface area contributed by atoms with Crippen molar-refractivity contribution in [2.24, 2.45) is 10.7 Å². The molecule has 0 amide bonds. The van der Waals surface area contributed by atoms with Crippen LogP contribution in [0.2, 0.25) is 0 Å². The van der Waals surface area contributed by atoms with Crippen LogP contribution in [0.1, 0.15) is 44.7 Å². The van der Waals surface area contributed by atoms with Gasteiger partial charge in [0, 0.05) is 38.4 Å². The molecule has 1 heterocycles. The van der Waals surface area contributed by atoms with E-state index in [1.165, 1.54) is 56.8 Å². The van der Waals surface area contributed by atoms with Gasteiger partial charge in [-0.05, 0) is 49.9 Å². The minimum Gasteiger partial charge on any atom is -0.370 e. The van der Waals surface area contributed by atoms with Crippen LogP contribution in [-0.4, -0.2) is 61.6 Å². The maximum absolute atomic E-state index is 6.13. The third kappa shape index (κ3) is 6.29. The van der Waals surface area contributed by atoms with Gasteiger partial charge < -0.3 is 20.9 Å². The van der Waals surface area contributed by atoms with Gasteiger partial charge in [0.05, 0.1) is 0 Å². The van der Waals surface area contributed by atoms with Crippen molar-refractivity contribution in [2.75, 3.05) is 51.1 Å². The third-order valence-electron chi connectivity index (χ3n) is 5.33. The number of anilines is 1. The number of nitrogens with two attached hydrogens (primary N) is 1. The van der Waals surface area contributed by atoms with E-state index < -0.39 is 0 Å². The second kappa shape index (κ2) is 11.2. The van der Waals surface area contributed by atoms with Crippen LogP contribution in [0.4, 0.5) is 5.69 Å². The molecule has 2 rings (SSSR count). The molecule has 1 aliphatic rings. The Hall–Kier alpha value is -1.59. The van der Waals surface area contributed by atoms with E-state index in [9.17, 15) is 0 Å². The molecule has 0 unspecified atom stereocenters. The van der Waals surface area contributed by atoms with Crippen LogP contribution in [0.15, 0.2) is 23.2 Å². The molecule has 146 valence electrons. The Balaban J connectivity index is 1.72. The number of hydrogen-bond acceptors (Lipinski definition) is 3. The summed E-state index contributed by atoms with van der Waals surface area (Å²) in [7, 11) is 0. The lowest BCUT2D eigenvalue weighted by Crippen LogP contribution is -2.46. The number of likely N-dealkylation sites (N-methyl/N-ethyl adjacent to an activating group) is 1. The fourth-order valence-corrected chi connectivity index (χ4v) is 3.55. The second-order valence-corrected chi connectivity index (χ2v) is 7.03. The second-order valence-electron chi connectivity index (χ2n) is 7.03. The SMILES string of the molecule is CCc1cccc(CC)c1NC(N)=NCCCCN1CCN(CC)CC1. The molecular formula is C21H37N5. The van der Waals surface area contributed by atoms with Crippen LogP contribution in [-0.2, 0) is 12.8 Å². The molecule has 1 aliphatic heterocycles. The summed E-state index contributed by atoms with van der Waals surface area (Å²) in [6, 6.07) is 6.44. The van der Waals surface area contributed by atoms with Crippen LogP contribution in [0.3, 0.4) is 0 Å². The molecule has 1 aromatic carbocycles. The molecule has 0 aliphatic carbocycles. The highest BCUT2D eigenvalue weighted by Gasteiger charge is 2.14. The lowest BCUT2D eigenvalue weighted by molar-refractivity contribution is 0.136. The van der Waals surface area contributed by atoms with E-state index in [1.807, 2.05) is 0 Å². The van der Waals surface area contributed by atoms with Gasteiger partial charge in [-0.1, -0.05) is 39.0 Å². The Morgan fingerprint density at radius 3 is 2.19 bits per heavy atom. The Bertz CT molecular complexity index is 539. The van der Waals surface area contributed by atoms with Crippen LogP contribution < -0.4 is 11.1 Å². The Morgan fingerprint density at radius 2 is 1.62 bits per heavy atom. The fraction of sp³-hybridized carbons (Fsp3) is 0.667. The van der Waals surface area contributed by atoms with Crippen molar-refractivity contribution in [3.05, 3.63) is 29.3 Å². The van der Waals surface area contributed by atoms with Crippen molar-refractivity contribution < 1.29 is 0 Å². The van der Waals surface area contributed by atoms with E-state index in [0.717, 1.165) is 31.5 Å². The van der Waals surface area contributed by atoms with E-state index >= 15 is 0 Å². The van der Waals surface area contributed by atoms with Gasteiger partial charge in [-0.2, -0.15) is 0 Å². The standard InChI is InChI=1S/C21H37N5/c1-4-18-10-9-11-19(5-2)20(18)24-21(22)23-12-7-8-13-26-16-14-25(6-3)15-17-26/h9-11H,4-8,12-17H2,1-3H3,(H3,22,23,24). The Kier molecular flexibility index (Phi) is 8.92. The van der Waals surface area contributed by atoms with Gasteiger partial charge in [0.15, 0.2) is 5.96 Å². The molecule has 0 radical (unpaired) electrons. The monoisotopic (exact) mass is 359 g/mol. The summed E-state index contributed by atoms with van der Waals surface area (Å²) >= 11 is 0. The lowest BCUT2D eigenvalue weighted by Gasteiger charge is -2.33. The van der Waals surface area contributed by atoms with Crippen molar-refractivity contribution in [1.29, 1.82) is 0 Å². The molecule has 5 heteroatoms. The summed E-state index contributed by atoms with van der Waals surface area (Å²) in [5.74, 6) is 0.539. The highest BCUT2D eigenvalue weighted by molar-refractivity contribution is 5.93. The molecule has 26 heavy (non-hydrogen) atoms. The topological polar surface area (TPSA) is 56.9 Å². The van der Waals surface area contributed by atoms with Crippen LogP contribution in [0.25, 0.3) is 0 Å². The summed E-state index contributed by atoms with van der Waals surface area (Å²) in [6.07, 6.45) is 4.27. The molecular weight excluding hydrogens is 322 g/mol. The number of para-hydroxylation sites is 1. The number of nitrogens with zero attached hydrogens (tertiary/aromatic N) is 3. The van der Waals surface area contributed by atoms with Gasteiger partial charge in [0.25, 0.3) is 0 Å². The molecule has 0 saturated carbocycles. The number of benzene rings is 1. The molecule has 5 nitrogen and oxygen atoms in total. The first-order chi connectivity index (χ1) is 12.7. The van der Waals surface area contributed by atoms with E-state index in [0.29, 0.717) is 5.96 Å². The molecule has 0 bridgehead atoms. The summed E-state index contributed by atoms with van der Waals surface area (Å²) in [4.78, 5) is 9.63. The Labute approximate surface area is 159 Å². The number of aryl methyl sites for hydroxylation is 2. The molecule has 1 fully saturated rings. The van der Waals surface area contributed by atoms with Crippen LogP contribution in [0, 0.1) is 0 Å². The molecule has 1 aromatic rings. The molecule has 0 spiro atoms. The van der Waals surface area contributed by atoms with Crippen LogP contribution >= 0.6 is 0 Å². The molecule has 0 atom stereocenters. The number of hydrogen-bond donors (Lipinski definition) is 2. The lowest BCUT2D eigenvalue weighted by atomic mass is 10.0. The number of nitrogens with one attached hydrogen (secondary N) is 1. The zero-order valence-electron chi connectivity index (χ0n) is 16.9. The van der Waals surface area contributed by atoms with E-state index in [-0.39, 0.29) is 0 Å². The van der Waals surface area contributed by atoms with Gasteiger partial charge in [0.2, 0.25) is 0 Å². The minimum absolute atomic E-state index is 0.539. The predicted molar refractivity (Wildman–Crippen MR) is 113 cm³/mol. The summed E-state index contributed by atoms with van der Waals surface area (Å²) in [6.45, 7) is 14.6. The van der Waals surface area contributed by atoms with E-state index in [2.05, 4.69) is 59.1 Å².